The Morgan fingerprint density at radius 3 is 2.46 bits per heavy atom. The first-order valence-corrected chi connectivity index (χ1v) is 18.1. The highest BCUT2D eigenvalue weighted by Crippen LogP contribution is 2.56. The summed E-state index contributed by atoms with van der Waals surface area (Å²) >= 11 is 13.8. The highest BCUT2D eigenvalue weighted by molar-refractivity contribution is 6.45. The number of carbonyl (C=O) groups is 2. The van der Waals surface area contributed by atoms with Crippen LogP contribution >= 0.6 is 23.2 Å². The predicted molar refractivity (Wildman–Crippen MR) is 189 cm³/mol. The van der Waals surface area contributed by atoms with Crippen molar-refractivity contribution in [3.8, 4) is 11.1 Å². The van der Waals surface area contributed by atoms with E-state index in [0.29, 0.717) is 21.4 Å². The second-order valence-electron chi connectivity index (χ2n) is 16.3. The fourth-order valence-corrected chi connectivity index (χ4v) is 10.4. The van der Waals surface area contributed by atoms with Gasteiger partial charge in [-0.05, 0) is 77.5 Å². The van der Waals surface area contributed by atoms with Gasteiger partial charge in [0.15, 0.2) is 5.82 Å². The fourth-order valence-electron chi connectivity index (χ4n) is 9.91. The molecule has 4 aliphatic heterocycles. The predicted octanol–water partition coefficient (Wildman–Crippen LogP) is 5.94. The largest absolute Gasteiger partial charge is 0.349 e. The molecule has 5 aliphatic rings. The van der Waals surface area contributed by atoms with Crippen molar-refractivity contribution in [1.82, 2.24) is 34.7 Å². The number of H-pyrrole nitrogens is 1. The minimum absolute atomic E-state index is 0.0150. The van der Waals surface area contributed by atoms with Crippen molar-refractivity contribution in [3.63, 3.8) is 0 Å². The summed E-state index contributed by atoms with van der Waals surface area (Å²) < 4.78 is 2.23. The van der Waals surface area contributed by atoms with Crippen molar-refractivity contribution in [2.24, 2.45) is 16.7 Å². The van der Waals surface area contributed by atoms with Crippen LogP contribution in [0.4, 0.5) is 5.82 Å². The number of aromatic amines is 1. The Balaban J connectivity index is 1.07. The van der Waals surface area contributed by atoms with Gasteiger partial charge in [-0.1, -0.05) is 29.8 Å². The Morgan fingerprint density at radius 2 is 1.77 bits per heavy atom. The van der Waals surface area contributed by atoms with Crippen LogP contribution in [0.25, 0.3) is 22.0 Å². The highest BCUT2D eigenvalue weighted by atomic mass is 35.5. The first kappa shape index (κ1) is 32.1. The summed E-state index contributed by atoms with van der Waals surface area (Å²) in [5, 5.41) is 14.8. The molecule has 2 spiro atoms. The van der Waals surface area contributed by atoms with Gasteiger partial charge in [0.1, 0.15) is 0 Å². The molecule has 2 aromatic heterocycles. The molecular weight excluding hydrogens is 647 g/mol. The monoisotopic (exact) mass is 692 g/mol. The molecule has 0 bridgehead atoms. The van der Waals surface area contributed by atoms with Gasteiger partial charge >= 0.3 is 0 Å². The van der Waals surface area contributed by atoms with E-state index in [1.165, 1.54) is 12.5 Å². The van der Waals surface area contributed by atoms with Crippen LogP contribution < -0.4 is 4.90 Å². The molecule has 8 rings (SSSR count). The standard InChI is InChI=1S/C36H46Cl2N8O2/c1-6-29(48)44-20-36(21-44)13-25(14-36)46-22(2)30(31-26-15-39-40-28(26)11-27(37)32(31)38)33(41-46)45-9-7-24(12-34(45,4)5)16-42-10-8-35(17-42)18-43(19-35)23(3)47/h6,11,15,24-25H,1,7-10,12-14,16-21H2,2-5H3,(H,39,40)/t24-/m1/s1. The summed E-state index contributed by atoms with van der Waals surface area (Å²) in [4.78, 5) is 33.0. The minimum Gasteiger partial charge on any atom is -0.349 e. The maximum atomic E-state index is 12.1. The number of fused-ring (bicyclic) bond motifs is 1. The number of piperidine rings is 1. The topological polar surface area (TPSA) is 93.6 Å². The van der Waals surface area contributed by atoms with Crippen LogP contribution in [0.15, 0.2) is 24.9 Å². The van der Waals surface area contributed by atoms with Gasteiger partial charge in [0.25, 0.3) is 0 Å². The van der Waals surface area contributed by atoms with Gasteiger partial charge in [-0.25, -0.2) is 0 Å². The third-order valence-corrected chi connectivity index (χ3v) is 13.1. The Kier molecular flexibility index (Phi) is 7.51. The molecule has 5 fully saturated rings. The Labute approximate surface area is 292 Å². The van der Waals surface area contributed by atoms with Crippen LogP contribution in [0.3, 0.4) is 0 Å². The molecule has 6 heterocycles. The van der Waals surface area contributed by atoms with E-state index >= 15 is 0 Å². The number of hydrogen-bond donors (Lipinski definition) is 1. The van der Waals surface area contributed by atoms with E-state index in [-0.39, 0.29) is 28.8 Å². The normalized spacial score (nSPS) is 24.6. The van der Waals surface area contributed by atoms with Crippen LogP contribution in [0, 0.1) is 23.7 Å². The third-order valence-electron chi connectivity index (χ3n) is 12.3. The summed E-state index contributed by atoms with van der Waals surface area (Å²) in [7, 11) is 0. The number of carbonyl (C=O) groups excluding carboxylic acids is 2. The lowest BCUT2D eigenvalue weighted by Gasteiger charge is -2.58. The summed E-state index contributed by atoms with van der Waals surface area (Å²) in [5.74, 6) is 1.76. The van der Waals surface area contributed by atoms with Gasteiger partial charge in [-0.15, -0.1) is 0 Å². The molecule has 10 nitrogen and oxygen atoms in total. The second kappa shape index (κ2) is 11.2. The van der Waals surface area contributed by atoms with Crippen molar-refractivity contribution in [1.29, 1.82) is 0 Å². The van der Waals surface area contributed by atoms with Crippen molar-refractivity contribution < 1.29 is 9.59 Å². The lowest BCUT2D eigenvalue weighted by atomic mass is 9.60. The summed E-state index contributed by atoms with van der Waals surface area (Å²) in [6.07, 6.45) is 8.57. The van der Waals surface area contributed by atoms with Crippen molar-refractivity contribution in [3.05, 3.63) is 40.7 Å². The molecule has 1 saturated carbocycles. The number of hydrogen-bond acceptors (Lipinski definition) is 6. The molecular formula is C36H46Cl2N8O2. The number of nitrogens with zero attached hydrogens (tertiary/aromatic N) is 7. The smallest absolute Gasteiger partial charge is 0.245 e. The molecule has 48 heavy (non-hydrogen) atoms. The number of benzene rings is 1. The molecule has 12 heteroatoms. The maximum absolute atomic E-state index is 12.1. The van der Waals surface area contributed by atoms with E-state index in [0.717, 1.165) is 112 Å². The van der Waals surface area contributed by atoms with Gasteiger partial charge < -0.3 is 19.6 Å². The van der Waals surface area contributed by atoms with Crippen LogP contribution in [-0.4, -0.2) is 104 Å². The maximum Gasteiger partial charge on any atom is 0.245 e. The van der Waals surface area contributed by atoms with Crippen LogP contribution in [0.1, 0.15) is 64.6 Å². The fraction of sp³-hybridized carbons (Fsp3) is 0.611. The molecule has 4 saturated heterocycles. The molecule has 0 radical (unpaired) electrons. The van der Waals surface area contributed by atoms with E-state index in [4.69, 9.17) is 28.3 Å². The van der Waals surface area contributed by atoms with Crippen LogP contribution in [0.2, 0.25) is 10.0 Å². The first-order valence-electron chi connectivity index (χ1n) is 17.4. The van der Waals surface area contributed by atoms with E-state index in [1.807, 2.05) is 22.1 Å². The number of nitrogens with one attached hydrogen (secondary N) is 1. The van der Waals surface area contributed by atoms with Crippen LogP contribution in [-0.2, 0) is 9.59 Å². The number of amides is 2. The van der Waals surface area contributed by atoms with Gasteiger partial charge in [0.2, 0.25) is 11.8 Å². The van der Waals surface area contributed by atoms with Crippen molar-refractivity contribution in [2.45, 2.75) is 71.4 Å². The van der Waals surface area contributed by atoms with Gasteiger partial charge in [0, 0.05) is 91.3 Å². The summed E-state index contributed by atoms with van der Waals surface area (Å²) in [6, 6.07) is 2.10. The van der Waals surface area contributed by atoms with Gasteiger partial charge in [-0.2, -0.15) is 10.2 Å². The van der Waals surface area contributed by atoms with Gasteiger partial charge in [0.05, 0.1) is 27.8 Å². The number of anilines is 1. The van der Waals surface area contributed by atoms with E-state index in [9.17, 15) is 9.59 Å². The Hall–Kier alpha value is -3.08. The molecule has 1 atom stereocenters. The number of halogens is 2. The average Bonchev–Trinajstić information content (AvgIpc) is 3.69. The molecule has 3 aromatic rings. The molecule has 256 valence electrons. The highest BCUT2D eigenvalue weighted by Gasteiger charge is 2.55. The van der Waals surface area contributed by atoms with Crippen molar-refractivity contribution >= 4 is 51.7 Å². The lowest BCUT2D eigenvalue weighted by molar-refractivity contribution is -0.149. The number of rotatable bonds is 6. The van der Waals surface area contributed by atoms with E-state index < -0.39 is 0 Å². The zero-order valence-electron chi connectivity index (χ0n) is 28.5. The van der Waals surface area contributed by atoms with E-state index in [2.05, 4.69) is 52.0 Å². The summed E-state index contributed by atoms with van der Waals surface area (Å²) in [6.45, 7) is 19.8. The zero-order valence-corrected chi connectivity index (χ0v) is 30.0. The minimum atomic E-state index is -0.135. The lowest BCUT2D eigenvalue weighted by Crippen LogP contribution is -2.63. The number of aromatic nitrogens is 4. The second-order valence-corrected chi connectivity index (χ2v) is 17.0. The zero-order chi connectivity index (χ0) is 33.7. The summed E-state index contributed by atoms with van der Waals surface area (Å²) in [5.41, 5.74) is 4.17. The number of likely N-dealkylation sites (tertiary alicyclic amines) is 3. The van der Waals surface area contributed by atoms with Crippen LogP contribution in [0.5, 0.6) is 0 Å². The molecule has 1 aliphatic carbocycles. The molecule has 1 N–H and O–H groups in total. The van der Waals surface area contributed by atoms with Gasteiger partial charge in [-0.3, -0.25) is 19.4 Å². The SMILES string of the molecule is C=CC(=O)N1CC2(CC(n3nc(N4CC[C@@H](CN5CCC6(C5)CN(C(C)=O)C6)CC4(C)C)c(-c4c(Cl)c(Cl)cc5[nH]ncc45)c3C)C2)C1. The molecule has 2 amide bonds. The first-order chi connectivity index (χ1) is 22.8. The molecule has 0 unspecified atom stereocenters. The van der Waals surface area contributed by atoms with E-state index in [1.54, 1.807) is 6.92 Å². The Morgan fingerprint density at radius 1 is 1.04 bits per heavy atom. The third kappa shape index (κ3) is 5.07. The Bertz CT molecular complexity index is 1810. The van der Waals surface area contributed by atoms with Crippen molar-refractivity contribution in [2.75, 3.05) is 57.3 Å². The molecule has 1 aromatic carbocycles. The average molecular weight is 694 g/mol. The quantitative estimate of drug-likeness (QED) is 0.322.